The third-order valence-electron chi connectivity index (χ3n) is 3.00. The normalized spacial score (nSPS) is 22.4. The smallest absolute Gasteiger partial charge is 0.234 e. The second-order valence-electron chi connectivity index (χ2n) is 4.50. The molecule has 0 saturated carbocycles. The Morgan fingerprint density at radius 2 is 2.42 bits per heavy atom. The highest BCUT2D eigenvalue weighted by Crippen LogP contribution is 2.27. The average Bonchev–Trinajstić information content (AvgIpc) is 2.76. The third kappa shape index (κ3) is 4.12. The molecule has 1 aliphatic heterocycles. The number of amides is 1. The fraction of sp³-hybridized carbons (Fsp3) is 0.462. The first-order valence-corrected chi connectivity index (χ1v) is 7.98. The largest absolute Gasteiger partial charge is 0.399 e. The molecule has 0 spiro atoms. The number of halogens is 1. The lowest BCUT2D eigenvalue weighted by atomic mass is 10.3. The van der Waals surface area contributed by atoms with E-state index in [9.17, 15) is 4.79 Å². The van der Waals surface area contributed by atoms with Crippen molar-refractivity contribution in [1.29, 1.82) is 0 Å². The van der Waals surface area contributed by atoms with Crippen LogP contribution in [0.4, 0.5) is 11.4 Å². The number of nitrogen functional groups attached to an aromatic ring is 1. The van der Waals surface area contributed by atoms with E-state index in [1.807, 2.05) is 0 Å². The first kappa shape index (κ1) is 14.7. The molecule has 1 fully saturated rings. The Kier molecular flexibility index (Phi) is 5.13. The van der Waals surface area contributed by atoms with Gasteiger partial charge in [-0.15, -0.1) is 11.8 Å². The van der Waals surface area contributed by atoms with E-state index in [1.54, 1.807) is 30.0 Å². The van der Waals surface area contributed by atoms with Crippen LogP contribution in [0.1, 0.15) is 13.3 Å². The molecule has 0 radical (unpaired) electrons. The Morgan fingerprint density at radius 1 is 1.63 bits per heavy atom. The van der Waals surface area contributed by atoms with Gasteiger partial charge in [-0.2, -0.15) is 0 Å². The molecule has 3 N–H and O–H groups in total. The van der Waals surface area contributed by atoms with Crippen molar-refractivity contribution in [3.63, 3.8) is 0 Å². The van der Waals surface area contributed by atoms with Gasteiger partial charge in [-0.1, -0.05) is 0 Å². The number of hydrogen-bond donors (Lipinski definition) is 2. The fourth-order valence-electron chi connectivity index (χ4n) is 1.93. The van der Waals surface area contributed by atoms with Crippen molar-refractivity contribution in [3.05, 3.63) is 22.7 Å². The van der Waals surface area contributed by atoms with Crippen LogP contribution >= 0.6 is 27.7 Å². The molecule has 104 valence electrons. The molecule has 1 aromatic rings. The van der Waals surface area contributed by atoms with Gasteiger partial charge in [0, 0.05) is 22.0 Å². The molecule has 6 heteroatoms. The number of hydrogen-bond acceptors (Lipinski definition) is 4. The molecule has 1 amide bonds. The summed E-state index contributed by atoms with van der Waals surface area (Å²) in [7, 11) is 0. The number of nitrogens with one attached hydrogen (secondary N) is 1. The number of ether oxygens (including phenoxy) is 1. The van der Waals surface area contributed by atoms with E-state index < -0.39 is 0 Å². The topological polar surface area (TPSA) is 64.3 Å². The average molecular weight is 345 g/mol. The summed E-state index contributed by atoms with van der Waals surface area (Å²) in [6.07, 6.45) is 1.26. The van der Waals surface area contributed by atoms with E-state index in [2.05, 4.69) is 28.2 Å². The van der Waals surface area contributed by atoms with Gasteiger partial charge in [0.25, 0.3) is 0 Å². The minimum Gasteiger partial charge on any atom is -0.399 e. The van der Waals surface area contributed by atoms with Crippen LogP contribution in [0, 0.1) is 0 Å². The summed E-state index contributed by atoms with van der Waals surface area (Å²) in [5.74, 6) is 0.435. The molecule has 4 nitrogen and oxygen atoms in total. The lowest BCUT2D eigenvalue weighted by Crippen LogP contribution is -2.20. The predicted octanol–water partition coefficient (Wildman–Crippen LogP) is 2.88. The third-order valence-corrected chi connectivity index (χ3v) is 5.13. The predicted molar refractivity (Wildman–Crippen MR) is 83.5 cm³/mol. The van der Waals surface area contributed by atoms with Crippen LogP contribution in [0.2, 0.25) is 0 Å². The molecular weight excluding hydrogens is 328 g/mol. The van der Waals surface area contributed by atoms with Crippen molar-refractivity contribution in [2.75, 3.05) is 23.4 Å². The van der Waals surface area contributed by atoms with E-state index in [-0.39, 0.29) is 12.0 Å². The zero-order valence-electron chi connectivity index (χ0n) is 10.7. The highest BCUT2D eigenvalue weighted by molar-refractivity contribution is 9.10. The monoisotopic (exact) mass is 344 g/mol. The quantitative estimate of drug-likeness (QED) is 0.824. The van der Waals surface area contributed by atoms with Gasteiger partial charge in [-0.05, 0) is 47.5 Å². The van der Waals surface area contributed by atoms with E-state index in [0.717, 1.165) is 23.2 Å². The Morgan fingerprint density at radius 3 is 3.05 bits per heavy atom. The number of carbonyl (C=O) groups is 1. The number of nitrogens with two attached hydrogens (primary N) is 1. The van der Waals surface area contributed by atoms with Crippen LogP contribution in [0.5, 0.6) is 0 Å². The zero-order valence-corrected chi connectivity index (χ0v) is 13.1. The Labute approximate surface area is 125 Å². The number of thioether (sulfide) groups is 1. The maximum atomic E-state index is 11.9. The first-order valence-electron chi connectivity index (χ1n) is 6.14. The molecule has 1 heterocycles. The molecule has 2 rings (SSSR count). The molecule has 1 saturated heterocycles. The van der Waals surface area contributed by atoms with Gasteiger partial charge in [-0.25, -0.2) is 0 Å². The van der Waals surface area contributed by atoms with E-state index in [0.29, 0.717) is 16.7 Å². The molecule has 0 aromatic heterocycles. The molecule has 1 aromatic carbocycles. The van der Waals surface area contributed by atoms with Gasteiger partial charge in [0.15, 0.2) is 0 Å². The Bertz CT molecular complexity index is 470. The summed E-state index contributed by atoms with van der Waals surface area (Å²) < 4.78 is 6.27. The fourth-order valence-corrected chi connectivity index (χ4v) is 3.48. The van der Waals surface area contributed by atoms with Gasteiger partial charge >= 0.3 is 0 Å². The van der Waals surface area contributed by atoms with Gasteiger partial charge in [0.2, 0.25) is 5.91 Å². The summed E-state index contributed by atoms with van der Waals surface area (Å²) in [5, 5.41) is 3.29. The lowest BCUT2D eigenvalue weighted by Gasteiger charge is -2.13. The van der Waals surface area contributed by atoms with Crippen LogP contribution in [0.25, 0.3) is 0 Å². The highest BCUT2D eigenvalue weighted by atomic mass is 79.9. The Hall–Kier alpha value is -0.720. The van der Waals surface area contributed by atoms with Crippen molar-refractivity contribution in [1.82, 2.24) is 0 Å². The van der Waals surface area contributed by atoms with Gasteiger partial charge in [0.05, 0.1) is 17.5 Å². The van der Waals surface area contributed by atoms with Crippen LogP contribution < -0.4 is 11.1 Å². The van der Waals surface area contributed by atoms with Crippen LogP contribution in [-0.2, 0) is 9.53 Å². The highest BCUT2D eigenvalue weighted by Gasteiger charge is 2.25. The van der Waals surface area contributed by atoms with Crippen LogP contribution in [-0.4, -0.2) is 29.6 Å². The van der Waals surface area contributed by atoms with Crippen molar-refractivity contribution >= 4 is 45.0 Å². The maximum Gasteiger partial charge on any atom is 0.234 e. The second kappa shape index (κ2) is 6.63. The van der Waals surface area contributed by atoms with E-state index in [1.165, 1.54) is 0 Å². The summed E-state index contributed by atoms with van der Waals surface area (Å²) in [6, 6.07) is 5.33. The van der Waals surface area contributed by atoms with E-state index >= 15 is 0 Å². The van der Waals surface area contributed by atoms with Crippen molar-refractivity contribution in [2.45, 2.75) is 24.7 Å². The van der Waals surface area contributed by atoms with Gasteiger partial charge in [0.1, 0.15) is 0 Å². The van der Waals surface area contributed by atoms with Crippen LogP contribution in [0.15, 0.2) is 22.7 Å². The molecule has 0 bridgehead atoms. The number of anilines is 2. The SMILES string of the molecule is CC1OCCC1SCC(=O)Nc1ccc(N)cc1Br. The second-order valence-corrected chi connectivity index (χ2v) is 6.58. The van der Waals surface area contributed by atoms with E-state index in [4.69, 9.17) is 10.5 Å². The summed E-state index contributed by atoms with van der Waals surface area (Å²) in [4.78, 5) is 11.9. The Balaban J connectivity index is 1.84. The summed E-state index contributed by atoms with van der Waals surface area (Å²) in [5.41, 5.74) is 7.06. The molecule has 2 unspecified atom stereocenters. The summed E-state index contributed by atoms with van der Waals surface area (Å²) in [6.45, 7) is 2.85. The number of benzene rings is 1. The molecule has 1 aliphatic rings. The summed E-state index contributed by atoms with van der Waals surface area (Å²) >= 11 is 5.03. The molecule has 19 heavy (non-hydrogen) atoms. The lowest BCUT2D eigenvalue weighted by molar-refractivity contribution is -0.113. The molecular formula is C13H17BrN2O2S. The first-order chi connectivity index (χ1) is 9.06. The van der Waals surface area contributed by atoms with Crippen molar-refractivity contribution in [2.24, 2.45) is 0 Å². The zero-order chi connectivity index (χ0) is 13.8. The maximum absolute atomic E-state index is 11.9. The number of carbonyl (C=O) groups excluding carboxylic acids is 1. The van der Waals surface area contributed by atoms with Crippen molar-refractivity contribution < 1.29 is 9.53 Å². The minimum absolute atomic E-state index is 0.00503. The number of rotatable bonds is 4. The minimum atomic E-state index is -0.00503. The van der Waals surface area contributed by atoms with Gasteiger partial charge < -0.3 is 15.8 Å². The standard InChI is InChI=1S/C13H17BrN2O2S/c1-8-12(4-5-18-8)19-7-13(17)16-11-3-2-9(15)6-10(11)14/h2-3,6,8,12H,4-5,7,15H2,1H3,(H,16,17). The van der Waals surface area contributed by atoms with Crippen LogP contribution in [0.3, 0.4) is 0 Å². The van der Waals surface area contributed by atoms with Gasteiger partial charge in [-0.3, -0.25) is 4.79 Å². The molecule has 2 atom stereocenters. The molecule has 0 aliphatic carbocycles. The van der Waals surface area contributed by atoms with Crippen molar-refractivity contribution in [3.8, 4) is 0 Å².